The first-order chi connectivity index (χ1) is 13.6. The highest BCUT2D eigenvalue weighted by Gasteiger charge is 2.22. The van der Waals surface area contributed by atoms with Gasteiger partial charge in [0.05, 0.1) is 12.8 Å². The fourth-order valence-electron chi connectivity index (χ4n) is 3.57. The Morgan fingerprint density at radius 3 is 2.39 bits per heavy atom. The van der Waals surface area contributed by atoms with Crippen LogP contribution in [0.2, 0.25) is 0 Å². The molecule has 1 aliphatic carbocycles. The maximum atomic E-state index is 12.3. The third kappa shape index (κ3) is 3.76. The minimum atomic E-state index is 0.119. The molecule has 0 saturated heterocycles. The Morgan fingerprint density at radius 2 is 1.75 bits per heavy atom. The number of nitrogens with one attached hydrogen (secondary N) is 1. The number of anilines is 1. The lowest BCUT2D eigenvalue weighted by Gasteiger charge is -2.11. The Kier molecular flexibility index (Phi) is 5.10. The summed E-state index contributed by atoms with van der Waals surface area (Å²) in [6, 6.07) is 16.1. The molecule has 144 valence electrons. The summed E-state index contributed by atoms with van der Waals surface area (Å²) in [6.45, 7) is 2.05. The number of hydrogen-bond donors (Lipinski definition) is 1. The average molecular weight is 376 g/mol. The zero-order chi connectivity index (χ0) is 19.5. The molecule has 1 amide bonds. The van der Waals surface area contributed by atoms with Crippen molar-refractivity contribution in [2.45, 2.75) is 32.6 Å². The topological polar surface area (TPSA) is 69.0 Å². The van der Waals surface area contributed by atoms with E-state index in [0.717, 1.165) is 42.6 Å². The normalized spacial score (nSPS) is 14.2. The third-order valence-corrected chi connectivity index (χ3v) is 5.19. The molecular weight excluding hydrogens is 352 g/mol. The van der Waals surface area contributed by atoms with Crippen molar-refractivity contribution in [3.8, 4) is 23.1 Å². The first-order valence-electron chi connectivity index (χ1n) is 9.63. The highest BCUT2D eigenvalue weighted by Crippen LogP contribution is 2.27. The lowest BCUT2D eigenvalue weighted by Crippen LogP contribution is -2.20. The SMILES string of the molecule is COc1nc(-c2ccc(C)cc2)n(-c2ccc(NC(=O)C3CCCC3)cc2)n1. The summed E-state index contributed by atoms with van der Waals surface area (Å²) in [4.78, 5) is 16.8. The van der Waals surface area contributed by atoms with E-state index in [0.29, 0.717) is 11.8 Å². The maximum Gasteiger partial charge on any atom is 0.336 e. The van der Waals surface area contributed by atoms with Gasteiger partial charge in [-0.1, -0.05) is 42.7 Å². The molecule has 0 radical (unpaired) electrons. The quantitative estimate of drug-likeness (QED) is 0.717. The number of methoxy groups -OCH3 is 1. The standard InChI is InChI=1S/C22H24N4O2/c1-15-7-9-16(10-8-15)20-24-22(28-2)25-26(20)19-13-11-18(12-14-19)23-21(27)17-5-3-4-6-17/h7-14,17H,3-6H2,1-2H3,(H,23,27). The largest absolute Gasteiger partial charge is 0.466 e. The van der Waals surface area contributed by atoms with Gasteiger partial charge in [0, 0.05) is 17.2 Å². The lowest BCUT2D eigenvalue weighted by molar-refractivity contribution is -0.119. The van der Waals surface area contributed by atoms with E-state index in [-0.39, 0.29) is 11.8 Å². The molecule has 6 heteroatoms. The van der Waals surface area contributed by atoms with Crippen molar-refractivity contribution in [2.24, 2.45) is 5.92 Å². The van der Waals surface area contributed by atoms with Crippen molar-refractivity contribution >= 4 is 11.6 Å². The number of carbonyl (C=O) groups is 1. The molecule has 1 aromatic heterocycles. The molecule has 0 bridgehead atoms. The second-order valence-corrected chi connectivity index (χ2v) is 7.22. The van der Waals surface area contributed by atoms with E-state index in [1.54, 1.807) is 11.8 Å². The molecule has 1 N–H and O–H groups in total. The van der Waals surface area contributed by atoms with Crippen LogP contribution in [0.1, 0.15) is 31.2 Å². The van der Waals surface area contributed by atoms with Gasteiger partial charge in [0.25, 0.3) is 0 Å². The molecule has 4 rings (SSSR count). The summed E-state index contributed by atoms with van der Waals surface area (Å²) in [5.74, 6) is 0.972. The van der Waals surface area contributed by atoms with Crippen molar-refractivity contribution in [3.05, 3.63) is 54.1 Å². The molecule has 3 aromatic rings. The molecule has 0 spiro atoms. The van der Waals surface area contributed by atoms with Gasteiger partial charge in [0.1, 0.15) is 0 Å². The highest BCUT2D eigenvalue weighted by atomic mass is 16.5. The lowest BCUT2D eigenvalue weighted by atomic mass is 10.1. The predicted molar refractivity (Wildman–Crippen MR) is 109 cm³/mol. The molecule has 1 saturated carbocycles. The van der Waals surface area contributed by atoms with Crippen LogP contribution in [0.4, 0.5) is 5.69 Å². The van der Waals surface area contributed by atoms with Gasteiger partial charge in [-0.15, -0.1) is 5.10 Å². The van der Waals surface area contributed by atoms with Crippen LogP contribution in [0, 0.1) is 12.8 Å². The summed E-state index contributed by atoms with van der Waals surface area (Å²) in [5, 5.41) is 7.47. The second kappa shape index (κ2) is 7.84. The van der Waals surface area contributed by atoms with Crippen LogP contribution in [-0.2, 0) is 4.79 Å². The molecule has 1 heterocycles. The van der Waals surface area contributed by atoms with Gasteiger partial charge in [-0.2, -0.15) is 4.98 Å². The third-order valence-electron chi connectivity index (χ3n) is 5.19. The minimum Gasteiger partial charge on any atom is -0.466 e. The fourth-order valence-corrected chi connectivity index (χ4v) is 3.57. The molecule has 1 aliphatic rings. The van der Waals surface area contributed by atoms with Crippen molar-refractivity contribution in [3.63, 3.8) is 0 Å². The van der Waals surface area contributed by atoms with Crippen LogP contribution in [0.15, 0.2) is 48.5 Å². The van der Waals surface area contributed by atoms with Crippen LogP contribution < -0.4 is 10.1 Å². The van der Waals surface area contributed by atoms with Crippen LogP contribution >= 0.6 is 0 Å². The van der Waals surface area contributed by atoms with E-state index in [1.807, 2.05) is 55.5 Å². The molecular formula is C22H24N4O2. The van der Waals surface area contributed by atoms with Crippen LogP contribution in [-0.4, -0.2) is 27.8 Å². The summed E-state index contributed by atoms with van der Waals surface area (Å²) < 4.78 is 6.99. The fraction of sp³-hybridized carbons (Fsp3) is 0.318. The summed E-state index contributed by atoms with van der Waals surface area (Å²) in [7, 11) is 1.56. The number of nitrogens with zero attached hydrogens (tertiary/aromatic N) is 3. The van der Waals surface area contributed by atoms with Gasteiger partial charge in [-0.25, -0.2) is 4.68 Å². The number of aromatic nitrogens is 3. The number of rotatable bonds is 5. The second-order valence-electron chi connectivity index (χ2n) is 7.22. The number of aryl methyl sites for hydroxylation is 1. The number of carbonyl (C=O) groups excluding carboxylic acids is 1. The van der Waals surface area contributed by atoms with Crippen molar-refractivity contribution in [2.75, 3.05) is 12.4 Å². The summed E-state index contributed by atoms with van der Waals surface area (Å²) >= 11 is 0. The highest BCUT2D eigenvalue weighted by molar-refractivity contribution is 5.92. The monoisotopic (exact) mass is 376 g/mol. The average Bonchev–Trinajstić information content (AvgIpc) is 3.39. The van der Waals surface area contributed by atoms with Gasteiger partial charge in [-0.3, -0.25) is 4.79 Å². The summed E-state index contributed by atoms with van der Waals surface area (Å²) in [5.41, 5.74) is 3.79. The van der Waals surface area contributed by atoms with E-state index >= 15 is 0 Å². The first kappa shape index (κ1) is 18.2. The van der Waals surface area contributed by atoms with Gasteiger partial charge in [0.15, 0.2) is 5.82 Å². The smallest absolute Gasteiger partial charge is 0.336 e. The van der Waals surface area contributed by atoms with Gasteiger partial charge >= 0.3 is 6.01 Å². The van der Waals surface area contributed by atoms with Crippen LogP contribution in [0.25, 0.3) is 17.1 Å². The van der Waals surface area contributed by atoms with Crippen molar-refractivity contribution in [1.82, 2.24) is 14.8 Å². The Labute approximate surface area is 164 Å². The van der Waals surface area contributed by atoms with Crippen LogP contribution in [0.5, 0.6) is 6.01 Å². The summed E-state index contributed by atoms with van der Waals surface area (Å²) in [6.07, 6.45) is 4.27. The Hall–Kier alpha value is -3.15. The maximum absolute atomic E-state index is 12.3. The molecule has 0 atom stereocenters. The minimum absolute atomic E-state index is 0.119. The van der Waals surface area contributed by atoms with Crippen LogP contribution in [0.3, 0.4) is 0 Å². The van der Waals surface area contributed by atoms with E-state index in [2.05, 4.69) is 15.4 Å². The zero-order valence-corrected chi connectivity index (χ0v) is 16.2. The molecule has 6 nitrogen and oxygen atoms in total. The van der Waals surface area contributed by atoms with E-state index in [1.165, 1.54) is 5.56 Å². The van der Waals surface area contributed by atoms with Crippen molar-refractivity contribution in [1.29, 1.82) is 0 Å². The van der Waals surface area contributed by atoms with Crippen molar-refractivity contribution < 1.29 is 9.53 Å². The Bertz CT molecular complexity index is 955. The predicted octanol–water partition coefficient (Wildman–Crippen LogP) is 4.38. The number of hydrogen-bond acceptors (Lipinski definition) is 4. The van der Waals surface area contributed by atoms with E-state index in [4.69, 9.17) is 4.74 Å². The van der Waals surface area contributed by atoms with E-state index < -0.39 is 0 Å². The number of amides is 1. The first-order valence-corrected chi connectivity index (χ1v) is 9.63. The molecule has 2 aromatic carbocycles. The van der Waals surface area contributed by atoms with Gasteiger partial charge in [0.2, 0.25) is 5.91 Å². The molecule has 1 fully saturated rings. The number of ether oxygens (including phenoxy) is 1. The van der Waals surface area contributed by atoms with E-state index in [9.17, 15) is 4.79 Å². The number of benzene rings is 2. The van der Waals surface area contributed by atoms with Gasteiger partial charge < -0.3 is 10.1 Å². The molecule has 0 unspecified atom stereocenters. The molecule has 28 heavy (non-hydrogen) atoms. The van der Waals surface area contributed by atoms with Gasteiger partial charge in [-0.05, 0) is 44.0 Å². The zero-order valence-electron chi connectivity index (χ0n) is 16.2. The Balaban J connectivity index is 1.59. The Morgan fingerprint density at radius 1 is 1.07 bits per heavy atom. The molecule has 0 aliphatic heterocycles.